The molecular weight excluding hydrogens is 568 g/mol. The Balaban J connectivity index is 1.45. The molecule has 0 aliphatic carbocycles. The molecule has 2 aromatic heterocycles. The maximum absolute atomic E-state index is 12.9. The number of nitrogens with two attached hydrogens (primary N) is 1. The lowest BCUT2D eigenvalue weighted by atomic mass is 10.1. The Labute approximate surface area is 221 Å². The molecule has 2 aromatic rings. The first kappa shape index (κ1) is 29.9. The number of rotatable bonds is 12. The topological polar surface area (TPSA) is 235 Å². The molecule has 2 saturated heterocycles. The molecule has 4 unspecified atom stereocenters. The van der Waals surface area contributed by atoms with Crippen LogP contribution in [0, 0.1) is 0 Å². The predicted molar refractivity (Wildman–Crippen MR) is 128 cm³/mol. The Morgan fingerprint density at radius 1 is 1.00 bits per heavy atom. The summed E-state index contributed by atoms with van der Waals surface area (Å²) < 4.78 is 69.2. The molecule has 2 aliphatic rings. The van der Waals surface area contributed by atoms with E-state index in [0.29, 0.717) is 11.2 Å². The van der Waals surface area contributed by atoms with E-state index in [1.54, 1.807) is 0 Å². The summed E-state index contributed by atoms with van der Waals surface area (Å²) in [5.41, 5.74) is 6.43. The van der Waals surface area contributed by atoms with E-state index in [4.69, 9.17) is 43.2 Å². The van der Waals surface area contributed by atoms with Crippen LogP contribution in [0.2, 0.25) is 0 Å². The molecule has 9 atom stereocenters. The molecule has 0 bridgehead atoms. The van der Waals surface area contributed by atoms with Gasteiger partial charge in [-0.2, -0.15) is 0 Å². The Bertz CT molecular complexity index is 1280. The summed E-state index contributed by atoms with van der Waals surface area (Å²) in [7, 11) is -4.38. The molecule has 2 aliphatic heterocycles. The minimum absolute atomic E-state index is 0.127. The fraction of sp³-hybridized carbons (Fsp3) is 0.684. The van der Waals surface area contributed by atoms with E-state index in [1.807, 2.05) is 0 Å². The van der Waals surface area contributed by atoms with Gasteiger partial charge in [0.25, 0.3) is 0 Å². The molecule has 0 amide bonds. The van der Waals surface area contributed by atoms with Crippen molar-refractivity contribution in [1.82, 2.24) is 19.5 Å². The molecule has 18 nitrogen and oxygen atoms in total. The minimum atomic E-state index is -4.86. The molecule has 0 spiro atoms. The average Bonchev–Trinajstić information content (AvgIpc) is 3.54. The number of methoxy groups -OCH3 is 4. The van der Waals surface area contributed by atoms with E-state index >= 15 is 0 Å². The Hall–Kier alpha value is -2.08. The third-order valence-electron chi connectivity index (χ3n) is 6.11. The lowest BCUT2D eigenvalue weighted by Crippen LogP contribution is -2.36. The summed E-state index contributed by atoms with van der Waals surface area (Å²) in [5.74, 6) is -1.92. The van der Waals surface area contributed by atoms with Gasteiger partial charge in [0.2, 0.25) is 0 Å². The fourth-order valence-corrected chi connectivity index (χ4v) is 7.64. The zero-order valence-corrected chi connectivity index (χ0v) is 23.0. The first-order valence-electron chi connectivity index (χ1n) is 11.3. The Morgan fingerprint density at radius 3 is 2.33 bits per heavy atom. The predicted octanol–water partition coefficient (Wildman–Crippen LogP) is -0.390. The normalized spacial score (nSPS) is 32.3. The molecule has 0 saturated carbocycles. The number of nitrogen functional groups attached to an aromatic ring is 1. The van der Waals surface area contributed by atoms with Gasteiger partial charge in [0, 0.05) is 28.4 Å². The number of aromatic nitrogens is 4. The van der Waals surface area contributed by atoms with Gasteiger partial charge in [-0.3, -0.25) is 18.2 Å². The Morgan fingerprint density at radius 2 is 1.69 bits per heavy atom. The third-order valence-corrected chi connectivity index (χ3v) is 10.1. The van der Waals surface area contributed by atoms with E-state index in [-0.39, 0.29) is 5.82 Å². The van der Waals surface area contributed by atoms with Crippen molar-refractivity contribution in [2.75, 3.05) is 46.7 Å². The van der Waals surface area contributed by atoms with E-state index in [0.717, 1.165) is 0 Å². The second kappa shape index (κ2) is 11.8. The van der Waals surface area contributed by atoms with Crippen molar-refractivity contribution >= 4 is 38.1 Å². The largest absolute Gasteiger partial charge is 0.455 e. The number of carbonyl (C=O) groups excluding carboxylic acids is 1. The molecule has 20 heteroatoms. The second-order valence-electron chi connectivity index (χ2n) is 8.53. The molecule has 4 heterocycles. The van der Waals surface area contributed by atoms with Crippen LogP contribution >= 0.6 is 15.2 Å². The lowest BCUT2D eigenvalue weighted by Gasteiger charge is -2.24. The molecule has 4 N–H and O–H groups in total. The summed E-state index contributed by atoms with van der Waals surface area (Å²) in [6, 6.07) is 0. The van der Waals surface area contributed by atoms with Crippen LogP contribution in [0.1, 0.15) is 6.23 Å². The number of ether oxygens (including phenoxy) is 6. The van der Waals surface area contributed by atoms with Crippen molar-refractivity contribution in [2.24, 2.45) is 0 Å². The van der Waals surface area contributed by atoms with Crippen LogP contribution in [0.25, 0.3) is 11.2 Å². The number of hydrogen-bond acceptors (Lipinski definition) is 15. The van der Waals surface area contributed by atoms with Crippen LogP contribution in [0.4, 0.5) is 5.82 Å². The number of anilines is 1. The van der Waals surface area contributed by atoms with Gasteiger partial charge in [-0.1, -0.05) is 0 Å². The van der Waals surface area contributed by atoms with Gasteiger partial charge in [0.1, 0.15) is 30.2 Å². The Kier molecular flexibility index (Phi) is 9.05. The van der Waals surface area contributed by atoms with Gasteiger partial charge in [-0.25, -0.2) is 19.7 Å². The average molecular weight is 597 g/mol. The summed E-state index contributed by atoms with van der Waals surface area (Å²) in [4.78, 5) is 44.8. The lowest BCUT2D eigenvalue weighted by molar-refractivity contribution is -0.149. The summed E-state index contributed by atoms with van der Waals surface area (Å²) in [5, 5.41) is 0. The van der Waals surface area contributed by atoms with Gasteiger partial charge in [-0.05, 0) is 0 Å². The monoisotopic (exact) mass is 597 g/mol. The zero-order chi connectivity index (χ0) is 28.5. The number of imidazole rings is 1. The van der Waals surface area contributed by atoms with E-state index < -0.39 is 76.7 Å². The quantitative estimate of drug-likeness (QED) is 0.209. The number of hydrogen-bond donors (Lipinski definition) is 3. The van der Waals surface area contributed by atoms with Crippen molar-refractivity contribution in [3.8, 4) is 0 Å². The molecule has 218 valence electrons. The van der Waals surface area contributed by atoms with Gasteiger partial charge < -0.3 is 48.5 Å². The molecule has 0 radical (unpaired) electrons. The molecule has 4 rings (SSSR count). The van der Waals surface area contributed by atoms with Crippen molar-refractivity contribution in [2.45, 2.75) is 43.0 Å². The summed E-state index contributed by atoms with van der Waals surface area (Å²) >= 11 is 0. The van der Waals surface area contributed by atoms with Crippen LogP contribution < -0.4 is 5.73 Å². The highest BCUT2D eigenvalue weighted by atomic mass is 31.2. The number of fused-ring (bicyclic) bond motifs is 1. The van der Waals surface area contributed by atoms with E-state index in [9.17, 15) is 23.7 Å². The van der Waals surface area contributed by atoms with Gasteiger partial charge in [-0.15, -0.1) is 0 Å². The van der Waals surface area contributed by atoms with Crippen molar-refractivity contribution in [3.63, 3.8) is 0 Å². The highest BCUT2D eigenvalue weighted by Crippen LogP contribution is 2.60. The maximum Gasteiger partial charge on any atom is 0.342 e. The standard InChI is InChI=1S/C19H29N5O13P2/c1-30-11-9(35-18(25)13(11)32-3)5-34-38(26,27)8-39(28,29)37-19-14(33-4)12(31-2)17(36-19)24-7-23-10-15(20)21-6-22-16(10)24/h6-7,9,11-14,17,19H,5,8H2,1-4H3,(H,26,27)(H,28,29)(H2,20,21,22)/t9-,11+,12+,13?,14?,17-,19-/m1/s1. The second-order valence-corrected chi connectivity index (χ2v) is 12.7. The fourth-order valence-electron chi connectivity index (χ4n) is 4.37. The summed E-state index contributed by atoms with van der Waals surface area (Å²) in [6.45, 7) is -0.606. The first-order valence-corrected chi connectivity index (χ1v) is 14.8. The van der Waals surface area contributed by atoms with Crippen LogP contribution in [-0.2, 0) is 51.4 Å². The van der Waals surface area contributed by atoms with E-state index in [1.165, 1.54) is 45.7 Å². The number of carbonyl (C=O) groups is 1. The number of esters is 1. The van der Waals surface area contributed by atoms with Crippen LogP contribution in [0.15, 0.2) is 12.7 Å². The highest BCUT2D eigenvalue weighted by molar-refractivity contribution is 7.70. The number of cyclic esters (lactones) is 1. The first-order chi connectivity index (χ1) is 18.4. The minimum Gasteiger partial charge on any atom is -0.455 e. The van der Waals surface area contributed by atoms with Crippen LogP contribution in [0.5, 0.6) is 0 Å². The van der Waals surface area contributed by atoms with Gasteiger partial charge in [0.15, 0.2) is 42.1 Å². The number of nitrogens with zero attached hydrogens (tertiary/aromatic N) is 4. The SMILES string of the molecule is COC1C(=O)O[C@H](COP(=O)(O)CP(=O)(O)O[C@H]2O[C@@H](n3cnc4c(N)ncnc43)[C@@H](OC)C2OC)[C@@H]1OC. The summed E-state index contributed by atoms with van der Waals surface area (Å²) in [6.07, 6.45) is -4.93. The van der Waals surface area contributed by atoms with Crippen molar-refractivity contribution in [1.29, 1.82) is 0 Å². The molecule has 0 aromatic carbocycles. The van der Waals surface area contributed by atoms with Crippen molar-refractivity contribution < 1.29 is 61.2 Å². The smallest absolute Gasteiger partial charge is 0.342 e. The third kappa shape index (κ3) is 6.16. The van der Waals surface area contributed by atoms with Gasteiger partial charge in [0.05, 0.1) is 12.9 Å². The molecule has 39 heavy (non-hydrogen) atoms. The van der Waals surface area contributed by atoms with Crippen LogP contribution in [-0.4, -0.2) is 113 Å². The molecule has 2 fully saturated rings. The van der Waals surface area contributed by atoms with Gasteiger partial charge >= 0.3 is 21.2 Å². The maximum atomic E-state index is 12.9. The van der Waals surface area contributed by atoms with E-state index in [2.05, 4.69) is 15.0 Å². The van der Waals surface area contributed by atoms with Crippen molar-refractivity contribution in [3.05, 3.63) is 12.7 Å². The zero-order valence-electron chi connectivity index (χ0n) is 21.3. The molecular formula is C19H29N5O13P2. The van der Waals surface area contributed by atoms with Crippen LogP contribution in [0.3, 0.4) is 0 Å². The highest BCUT2D eigenvalue weighted by Gasteiger charge is 2.51.